The molecular formula is C14H19NO2. The third-order valence-corrected chi connectivity index (χ3v) is 3.39. The van der Waals surface area contributed by atoms with E-state index < -0.39 is 11.9 Å². The van der Waals surface area contributed by atoms with Crippen molar-refractivity contribution in [1.29, 1.82) is 0 Å². The largest absolute Gasteiger partial charge is 0.481 e. The summed E-state index contributed by atoms with van der Waals surface area (Å²) in [6.07, 6.45) is 3.67. The molecule has 1 aromatic carbocycles. The highest BCUT2D eigenvalue weighted by molar-refractivity contribution is 5.76. The number of hydrogen-bond acceptors (Lipinski definition) is 2. The van der Waals surface area contributed by atoms with E-state index >= 15 is 0 Å². The molecule has 0 unspecified atom stereocenters. The van der Waals surface area contributed by atoms with Crippen molar-refractivity contribution in [2.75, 3.05) is 19.6 Å². The van der Waals surface area contributed by atoms with Crippen LogP contribution in [0.25, 0.3) is 0 Å². The Morgan fingerprint density at radius 2 is 1.82 bits per heavy atom. The molecule has 1 aliphatic rings. The van der Waals surface area contributed by atoms with Gasteiger partial charge in [-0.25, -0.2) is 0 Å². The third kappa shape index (κ3) is 3.30. The number of benzene rings is 1. The first-order chi connectivity index (χ1) is 8.27. The zero-order valence-electron chi connectivity index (χ0n) is 10.0. The fraction of sp³-hybridized carbons (Fsp3) is 0.500. The second kappa shape index (κ2) is 5.82. The van der Waals surface area contributed by atoms with Crippen molar-refractivity contribution in [1.82, 2.24) is 4.90 Å². The van der Waals surface area contributed by atoms with Gasteiger partial charge in [0.15, 0.2) is 0 Å². The number of carbonyl (C=O) groups is 1. The summed E-state index contributed by atoms with van der Waals surface area (Å²) in [5, 5.41) is 9.33. The molecule has 2 rings (SSSR count). The van der Waals surface area contributed by atoms with Crippen molar-refractivity contribution in [3.63, 3.8) is 0 Å². The number of piperidine rings is 1. The summed E-state index contributed by atoms with van der Waals surface area (Å²) in [6, 6.07) is 9.54. The molecule has 1 atom stereocenters. The second-order valence-corrected chi connectivity index (χ2v) is 4.66. The predicted molar refractivity (Wildman–Crippen MR) is 67.1 cm³/mol. The maximum absolute atomic E-state index is 11.3. The minimum atomic E-state index is -0.721. The lowest BCUT2D eigenvalue weighted by Crippen LogP contribution is -2.35. The summed E-state index contributed by atoms with van der Waals surface area (Å²) in [7, 11) is 0. The van der Waals surface area contributed by atoms with Crippen LogP contribution in [0, 0.1) is 0 Å². The number of nitrogens with zero attached hydrogens (tertiary/aromatic N) is 1. The van der Waals surface area contributed by atoms with Gasteiger partial charge in [-0.3, -0.25) is 4.79 Å². The smallest absolute Gasteiger partial charge is 0.312 e. The molecule has 0 amide bonds. The average molecular weight is 233 g/mol. The van der Waals surface area contributed by atoms with Gasteiger partial charge in [0, 0.05) is 6.54 Å². The molecule has 1 aromatic rings. The summed E-state index contributed by atoms with van der Waals surface area (Å²) in [5.41, 5.74) is 0.908. The van der Waals surface area contributed by atoms with E-state index in [0.29, 0.717) is 6.54 Å². The van der Waals surface area contributed by atoms with Crippen LogP contribution < -0.4 is 0 Å². The van der Waals surface area contributed by atoms with Crippen LogP contribution in [0.5, 0.6) is 0 Å². The van der Waals surface area contributed by atoms with E-state index in [0.717, 1.165) is 18.7 Å². The number of rotatable bonds is 4. The first-order valence-electron chi connectivity index (χ1n) is 6.27. The van der Waals surface area contributed by atoms with Gasteiger partial charge in [-0.2, -0.15) is 0 Å². The molecular weight excluding hydrogens is 214 g/mol. The quantitative estimate of drug-likeness (QED) is 0.867. The fourth-order valence-electron chi connectivity index (χ4n) is 2.41. The van der Waals surface area contributed by atoms with Crippen molar-refractivity contribution < 1.29 is 9.90 Å². The Balaban J connectivity index is 2.05. The van der Waals surface area contributed by atoms with Crippen LogP contribution in [0.15, 0.2) is 30.3 Å². The molecule has 17 heavy (non-hydrogen) atoms. The Morgan fingerprint density at radius 1 is 1.18 bits per heavy atom. The second-order valence-electron chi connectivity index (χ2n) is 4.66. The van der Waals surface area contributed by atoms with E-state index in [9.17, 15) is 9.90 Å². The average Bonchev–Trinajstić information content (AvgIpc) is 2.38. The van der Waals surface area contributed by atoms with E-state index in [1.165, 1.54) is 19.3 Å². The predicted octanol–water partition coefficient (Wildman–Crippen LogP) is 2.34. The summed E-state index contributed by atoms with van der Waals surface area (Å²) >= 11 is 0. The van der Waals surface area contributed by atoms with Crippen molar-refractivity contribution in [2.24, 2.45) is 0 Å². The van der Waals surface area contributed by atoms with Crippen molar-refractivity contribution in [3.05, 3.63) is 35.9 Å². The lowest BCUT2D eigenvalue weighted by Gasteiger charge is -2.29. The minimum Gasteiger partial charge on any atom is -0.481 e. The van der Waals surface area contributed by atoms with Gasteiger partial charge in [0.2, 0.25) is 0 Å². The molecule has 0 spiro atoms. The van der Waals surface area contributed by atoms with E-state index in [-0.39, 0.29) is 0 Å². The number of carboxylic acids is 1. The topological polar surface area (TPSA) is 40.5 Å². The molecule has 3 nitrogen and oxygen atoms in total. The van der Waals surface area contributed by atoms with Gasteiger partial charge in [-0.05, 0) is 31.5 Å². The Kier molecular flexibility index (Phi) is 4.15. The zero-order chi connectivity index (χ0) is 12.1. The summed E-state index contributed by atoms with van der Waals surface area (Å²) in [5.74, 6) is -1.11. The first-order valence-corrected chi connectivity index (χ1v) is 6.27. The standard InChI is InChI=1S/C14H19NO2/c16-14(17)13(12-7-3-1-4-8-12)11-15-9-5-2-6-10-15/h1,3-4,7-8,13H,2,5-6,9-11H2,(H,16,17)/t13-/m1/s1. The lowest BCUT2D eigenvalue weighted by atomic mass is 9.97. The molecule has 1 aliphatic heterocycles. The maximum atomic E-state index is 11.3. The van der Waals surface area contributed by atoms with E-state index in [1.807, 2.05) is 30.3 Å². The summed E-state index contributed by atoms with van der Waals surface area (Å²) in [4.78, 5) is 13.6. The number of hydrogen-bond donors (Lipinski definition) is 1. The molecule has 1 saturated heterocycles. The van der Waals surface area contributed by atoms with Crippen LogP contribution in [0.1, 0.15) is 30.7 Å². The molecule has 1 heterocycles. The summed E-state index contributed by atoms with van der Waals surface area (Å²) in [6.45, 7) is 2.71. The summed E-state index contributed by atoms with van der Waals surface area (Å²) < 4.78 is 0. The molecule has 92 valence electrons. The van der Waals surface area contributed by atoms with Crippen molar-refractivity contribution in [3.8, 4) is 0 Å². The number of aliphatic carboxylic acids is 1. The lowest BCUT2D eigenvalue weighted by molar-refractivity contribution is -0.139. The van der Waals surface area contributed by atoms with Crippen molar-refractivity contribution in [2.45, 2.75) is 25.2 Å². The number of carboxylic acid groups (broad SMARTS) is 1. The van der Waals surface area contributed by atoms with E-state index in [2.05, 4.69) is 4.90 Å². The highest BCUT2D eigenvalue weighted by atomic mass is 16.4. The van der Waals surface area contributed by atoms with Gasteiger partial charge in [0.1, 0.15) is 0 Å². The molecule has 0 bridgehead atoms. The normalized spacial score (nSPS) is 18.8. The molecule has 0 radical (unpaired) electrons. The SMILES string of the molecule is O=C(O)[C@H](CN1CCCCC1)c1ccccc1. The molecule has 0 saturated carbocycles. The molecule has 0 aromatic heterocycles. The Morgan fingerprint density at radius 3 is 2.41 bits per heavy atom. The van der Waals surface area contributed by atoms with Gasteiger partial charge in [-0.1, -0.05) is 36.8 Å². The first kappa shape index (κ1) is 12.1. The van der Waals surface area contributed by atoms with E-state index in [4.69, 9.17) is 0 Å². The van der Waals surface area contributed by atoms with Crippen LogP contribution >= 0.6 is 0 Å². The zero-order valence-corrected chi connectivity index (χ0v) is 10.0. The molecule has 3 heteroatoms. The third-order valence-electron chi connectivity index (χ3n) is 3.39. The Labute approximate surface area is 102 Å². The highest BCUT2D eigenvalue weighted by Gasteiger charge is 2.23. The highest BCUT2D eigenvalue weighted by Crippen LogP contribution is 2.19. The Bertz CT molecular complexity index is 358. The number of likely N-dealkylation sites (tertiary alicyclic amines) is 1. The van der Waals surface area contributed by atoms with Crippen LogP contribution in [-0.4, -0.2) is 35.6 Å². The van der Waals surface area contributed by atoms with Crippen LogP contribution in [-0.2, 0) is 4.79 Å². The Hall–Kier alpha value is -1.35. The van der Waals surface area contributed by atoms with Crippen LogP contribution in [0.4, 0.5) is 0 Å². The van der Waals surface area contributed by atoms with Gasteiger partial charge >= 0.3 is 5.97 Å². The molecule has 1 N–H and O–H groups in total. The van der Waals surface area contributed by atoms with Gasteiger partial charge < -0.3 is 10.0 Å². The van der Waals surface area contributed by atoms with Crippen LogP contribution in [0.3, 0.4) is 0 Å². The monoisotopic (exact) mass is 233 g/mol. The van der Waals surface area contributed by atoms with Gasteiger partial charge in [0.05, 0.1) is 5.92 Å². The van der Waals surface area contributed by atoms with E-state index in [1.54, 1.807) is 0 Å². The molecule has 0 aliphatic carbocycles. The van der Waals surface area contributed by atoms with Crippen LogP contribution in [0.2, 0.25) is 0 Å². The fourth-order valence-corrected chi connectivity index (χ4v) is 2.41. The van der Waals surface area contributed by atoms with Gasteiger partial charge in [-0.15, -0.1) is 0 Å². The minimum absolute atomic E-state index is 0.394. The van der Waals surface area contributed by atoms with Crippen molar-refractivity contribution >= 4 is 5.97 Å². The maximum Gasteiger partial charge on any atom is 0.312 e. The van der Waals surface area contributed by atoms with Gasteiger partial charge in [0.25, 0.3) is 0 Å². The molecule has 1 fully saturated rings.